The fourth-order valence-electron chi connectivity index (χ4n) is 3.38. The maximum Gasteiger partial charge on any atom is 0.416 e. The molecule has 9 nitrogen and oxygen atoms in total. The molecule has 3 aromatic rings. The number of hydrogen-bond acceptors (Lipinski definition) is 7. The van der Waals surface area contributed by atoms with Gasteiger partial charge in [-0.25, -0.2) is 4.39 Å². The van der Waals surface area contributed by atoms with Gasteiger partial charge in [-0.05, 0) is 65.9 Å². The van der Waals surface area contributed by atoms with Gasteiger partial charge in [0, 0.05) is 11.8 Å². The number of nitrogens with one attached hydrogen (secondary N) is 1. The fourth-order valence-corrected chi connectivity index (χ4v) is 4.22. The molecular formula is C25H15F4N3O6S. The second-order valence-electron chi connectivity index (χ2n) is 7.93. The minimum atomic E-state index is -4.77. The van der Waals surface area contributed by atoms with E-state index in [4.69, 9.17) is 4.74 Å². The number of alkyl halides is 3. The molecule has 0 aliphatic carbocycles. The van der Waals surface area contributed by atoms with E-state index in [0.29, 0.717) is 29.5 Å². The summed E-state index contributed by atoms with van der Waals surface area (Å²) >= 11 is 0.603. The van der Waals surface area contributed by atoms with E-state index in [2.05, 4.69) is 5.32 Å². The second-order valence-corrected chi connectivity index (χ2v) is 8.93. The zero-order chi connectivity index (χ0) is 28.3. The molecule has 1 aliphatic rings. The number of nitro groups is 1. The van der Waals surface area contributed by atoms with E-state index in [1.807, 2.05) is 0 Å². The molecule has 39 heavy (non-hydrogen) atoms. The first-order chi connectivity index (χ1) is 18.4. The maximum absolute atomic E-state index is 13.3. The molecule has 1 aliphatic heterocycles. The molecule has 0 bridgehead atoms. The third kappa shape index (κ3) is 6.59. The van der Waals surface area contributed by atoms with Gasteiger partial charge in [0.15, 0.2) is 0 Å². The number of thioether (sulfide) groups is 1. The number of halogens is 4. The monoisotopic (exact) mass is 561 g/mol. The summed E-state index contributed by atoms with van der Waals surface area (Å²) in [6.07, 6.45) is -3.39. The van der Waals surface area contributed by atoms with E-state index >= 15 is 0 Å². The van der Waals surface area contributed by atoms with Crippen molar-refractivity contribution in [1.82, 2.24) is 4.90 Å². The molecule has 3 aromatic carbocycles. The third-order valence-electron chi connectivity index (χ3n) is 5.17. The summed E-state index contributed by atoms with van der Waals surface area (Å²) in [5.41, 5.74) is -1.48. The number of amides is 3. The molecule has 3 amide bonds. The lowest BCUT2D eigenvalue weighted by atomic mass is 10.1. The summed E-state index contributed by atoms with van der Waals surface area (Å²) in [5.74, 6) is -2.34. The van der Waals surface area contributed by atoms with Crippen LogP contribution >= 0.6 is 11.8 Å². The largest absolute Gasteiger partial charge is 0.450 e. The van der Waals surface area contributed by atoms with E-state index < -0.39 is 57.5 Å². The summed E-state index contributed by atoms with van der Waals surface area (Å²) in [5, 5.41) is 13.0. The Bertz CT molecular complexity index is 1510. The van der Waals surface area contributed by atoms with Gasteiger partial charge in [0.1, 0.15) is 18.1 Å². The SMILES string of the molecule is O=C(CN1C(=O)S/C(=C/c2ccc(Oc3ccc(C(F)(F)F)cc3[N+](=O)[O-])cc2)C1=O)Nc1cccc(F)c1. The molecule has 0 atom stereocenters. The Morgan fingerprint density at radius 2 is 1.79 bits per heavy atom. The number of carbonyl (C=O) groups excluding carboxylic acids is 3. The van der Waals surface area contributed by atoms with Crippen molar-refractivity contribution in [2.24, 2.45) is 0 Å². The van der Waals surface area contributed by atoms with Crippen LogP contribution in [0.2, 0.25) is 0 Å². The quantitative estimate of drug-likeness (QED) is 0.157. The molecule has 1 fully saturated rings. The Balaban J connectivity index is 1.44. The van der Waals surface area contributed by atoms with Gasteiger partial charge in [0.2, 0.25) is 11.7 Å². The van der Waals surface area contributed by atoms with Crippen LogP contribution in [-0.2, 0) is 15.8 Å². The molecule has 0 unspecified atom stereocenters. The molecule has 0 spiro atoms. The van der Waals surface area contributed by atoms with E-state index in [9.17, 15) is 42.1 Å². The number of nitro benzene ring substituents is 1. The van der Waals surface area contributed by atoms with Crippen molar-refractivity contribution in [2.45, 2.75) is 6.18 Å². The number of rotatable bonds is 7. The maximum atomic E-state index is 13.3. The van der Waals surface area contributed by atoms with Crippen LogP contribution < -0.4 is 10.1 Å². The van der Waals surface area contributed by atoms with Crippen LogP contribution in [0, 0.1) is 15.9 Å². The number of anilines is 1. The van der Waals surface area contributed by atoms with E-state index in [0.717, 1.165) is 17.0 Å². The Morgan fingerprint density at radius 1 is 1.08 bits per heavy atom. The molecule has 14 heteroatoms. The Labute approximate surface area is 221 Å². The van der Waals surface area contributed by atoms with Gasteiger partial charge in [-0.2, -0.15) is 13.2 Å². The van der Waals surface area contributed by atoms with Gasteiger partial charge in [-0.3, -0.25) is 29.4 Å². The van der Waals surface area contributed by atoms with Gasteiger partial charge >= 0.3 is 11.9 Å². The van der Waals surface area contributed by atoms with Crippen LogP contribution in [0.15, 0.2) is 71.6 Å². The zero-order valence-electron chi connectivity index (χ0n) is 19.4. The lowest BCUT2D eigenvalue weighted by Gasteiger charge is -2.12. The Morgan fingerprint density at radius 3 is 2.44 bits per heavy atom. The molecule has 1 N–H and O–H groups in total. The van der Waals surface area contributed by atoms with Gasteiger partial charge in [0.25, 0.3) is 11.1 Å². The lowest BCUT2D eigenvalue weighted by Crippen LogP contribution is -2.36. The van der Waals surface area contributed by atoms with Crippen LogP contribution in [0.3, 0.4) is 0 Å². The van der Waals surface area contributed by atoms with Crippen LogP contribution in [0.5, 0.6) is 11.5 Å². The van der Waals surface area contributed by atoms with Crippen LogP contribution in [0.4, 0.5) is 33.7 Å². The van der Waals surface area contributed by atoms with Gasteiger partial charge in [-0.1, -0.05) is 18.2 Å². The second kappa shape index (κ2) is 10.9. The molecule has 1 saturated heterocycles. The number of hydrogen-bond donors (Lipinski definition) is 1. The highest BCUT2D eigenvalue weighted by atomic mass is 32.2. The summed E-state index contributed by atoms with van der Waals surface area (Å²) in [4.78, 5) is 48.2. The summed E-state index contributed by atoms with van der Waals surface area (Å²) in [7, 11) is 0. The molecule has 0 radical (unpaired) electrons. The first kappa shape index (κ1) is 27.3. The van der Waals surface area contributed by atoms with E-state index in [1.165, 1.54) is 48.5 Å². The highest BCUT2D eigenvalue weighted by Crippen LogP contribution is 2.38. The van der Waals surface area contributed by atoms with Crippen LogP contribution in [0.1, 0.15) is 11.1 Å². The Kier molecular flexibility index (Phi) is 7.67. The van der Waals surface area contributed by atoms with Crippen LogP contribution in [-0.4, -0.2) is 33.4 Å². The average molecular weight is 561 g/mol. The molecule has 0 saturated carbocycles. The summed E-state index contributed by atoms with van der Waals surface area (Å²) in [6, 6.07) is 12.6. The first-order valence-corrected chi connectivity index (χ1v) is 11.7. The summed E-state index contributed by atoms with van der Waals surface area (Å²) < 4.78 is 57.3. The van der Waals surface area contributed by atoms with Crippen molar-refractivity contribution >= 4 is 46.3 Å². The highest BCUT2D eigenvalue weighted by Gasteiger charge is 2.36. The fraction of sp³-hybridized carbons (Fsp3) is 0.0800. The Hall–Kier alpha value is -4.72. The topological polar surface area (TPSA) is 119 Å². The van der Waals surface area contributed by atoms with Gasteiger partial charge < -0.3 is 10.1 Å². The minimum absolute atomic E-state index is 0.0191. The van der Waals surface area contributed by atoms with Crippen molar-refractivity contribution in [1.29, 1.82) is 0 Å². The lowest BCUT2D eigenvalue weighted by molar-refractivity contribution is -0.385. The van der Waals surface area contributed by atoms with Crippen molar-refractivity contribution in [2.75, 3.05) is 11.9 Å². The number of ether oxygens (including phenoxy) is 1. The normalized spacial score (nSPS) is 14.6. The zero-order valence-corrected chi connectivity index (χ0v) is 20.2. The number of carbonyl (C=O) groups is 3. The van der Waals surface area contributed by atoms with Crippen molar-refractivity contribution in [3.05, 3.63) is 98.7 Å². The molecule has 1 heterocycles. The molecule has 0 aromatic heterocycles. The van der Waals surface area contributed by atoms with Gasteiger partial charge in [-0.15, -0.1) is 0 Å². The number of imide groups is 1. The van der Waals surface area contributed by atoms with Crippen molar-refractivity contribution in [3.8, 4) is 11.5 Å². The van der Waals surface area contributed by atoms with Crippen molar-refractivity contribution < 1.29 is 41.6 Å². The predicted octanol–water partition coefficient (Wildman–Crippen LogP) is 6.22. The minimum Gasteiger partial charge on any atom is -0.450 e. The average Bonchev–Trinajstić information content (AvgIpc) is 3.11. The standard InChI is InChI=1S/C25H15F4N3O6S/c26-16-2-1-3-17(12-16)30-22(33)13-31-23(34)21(39-24(31)35)10-14-4-7-18(8-5-14)38-20-9-6-15(25(27,28)29)11-19(20)32(36)37/h1-12H,13H2,(H,30,33)/b21-10+. The molecule has 4 rings (SSSR count). The molecular weight excluding hydrogens is 546 g/mol. The third-order valence-corrected chi connectivity index (χ3v) is 6.08. The van der Waals surface area contributed by atoms with Crippen molar-refractivity contribution in [3.63, 3.8) is 0 Å². The summed E-state index contributed by atoms with van der Waals surface area (Å²) in [6.45, 7) is -0.586. The molecule has 200 valence electrons. The van der Waals surface area contributed by atoms with Crippen LogP contribution in [0.25, 0.3) is 6.08 Å². The number of benzene rings is 3. The van der Waals surface area contributed by atoms with E-state index in [-0.39, 0.29) is 16.3 Å². The first-order valence-electron chi connectivity index (χ1n) is 10.8. The smallest absolute Gasteiger partial charge is 0.416 e. The predicted molar refractivity (Wildman–Crippen MR) is 132 cm³/mol. The number of nitrogens with zero attached hydrogens (tertiary/aromatic N) is 2. The van der Waals surface area contributed by atoms with Gasteiger partial charge in [0.05, 0.1) is 15.4 Å². The van der Waals surface area contributed by atoms with E-state index in [1.54, 1.807) is 0 Å². The highest BCUT2D eigenvalue weighted by molar-refractivity contribution is 8.18.